The van der Waals surface area contributed by atoms with E-state index in [1.54, 1.807) is 0 Å². The number of thioether (sulfide) groups is 1. The third kappa shape index (κ3) is 3.10. The second kappa shape index (κ2) is 7.34. The van der Waals surface area contributed by atoms with E-state index < -0.39 is 0 Å². The van der Waals surface area contributed by atoms with Gasteiger partial charge in [-0.15, -0.1) is 0 Å². The van der Waals surface area contributed by atoms with Gasteiger partial charge in [0.25, 0.3) is 0 Å². The highest BCUT2D eigenvalue weighted by molar-refractivity contribution is 8.14. The van der Waals surface area contributed by atoms with E-state index in [9.17, 15) is 0 Å². The Bertz CT molecular complexity index is 809. The Morgan fingerprint density at radius 2 is 2.04 bits per heavy atom. The van der Waals surface area contributed by atoms with Crippen molar-refractivity contribution in [2.75, 3.05) is 5.75 Å². The minimum absolute atomic E-state index is 0.102. The average molecular weight is 381 g/mol. The number of rotatable bonds is 4. The van der Waals surface area contributed by atoms with Gasteiger partial charge in [0.15, 0.2) is 5.17 Å². The molecule has 1 saturated heterocycles. The van der Waals surface area contributed by atoms with Crippen molar-refractivity contribution in [3.63, 3.8) is 0 Å². The van der Waals surface area contributed by atoms with Crippen LogP contribution in [-0.2, 0) is 0 Å². The third-order valence-electron chi connectivity index (χ3n) is 6.40. The summed E-state index contributed by atoms with van der Waals surface area (Å²) < 4.78 is 2.48. The highest BCUT2D eigenvalue weighted by Gasteiger charge is 2.45. The molecule has 1 aliphatic carbocycles. The maximum absolute atomic E-state index is 5.13. The molecule has 5 rings (SSSR count). The lowest BCUT2D eigenvalue weighted by Gasteiger charge is -2.31. The molecule has 2 fully saturated rings. The van der Waals surface area contributed by atoms with Crippen molar-refractivity contribution in [3.05, 3.63) is 54.1 Å². The van der Waals surface area contributed by atoms with Crippen LogP contribution in [0.3, 0.4) is 0 Å². The van der Waals surface area contributed by atoms with Gasteiger partial charge in [-0.1, -0.05) is 44.0 Å². The Morgan fingerprint density at radius 3 is 2.81 bits per heavy atom. The van der Waals surface area contributed by atoms with Gasteiger partial charge in [0, 0.05) is 36.4 Å². The molecule has 0 amide bonds. The third-order valence-corrected chi connectivity index (χ3v) is 7.53. The van der Waals surface area contributed by atoms with Crippen LogP contribution >= 0.6 is 11.8 Å². The predicted octanol–water partition coefficient (Wildman–Crippen LogP) is 5.37. The van der Waals surface area contributed by atoms with Gasteiger partial charge in [0.2, 0.25) is 0 Å². The molecular weight excluding hydrogens is 352 g/mol. The second-order valence-corrected chi connectivity index (χ2v) is 9.01. The molecule has 2 aliphatic heterocycles. The Kier molecular flexibility index (Phi) is 4.72. The van der Waals surface area contributed by atoms with Crippen molar-refractivity contribution in [3.8, 4) is 0 Å². The minimum atomic E-state index is 0.102. The molecule has 1 saturated carbocycles. The first-order chi connectivity index (χ1) is 13.3. The fourth-order valence-electron chi connectivity index (χ4n) is 4.92. The molecule has 142 valence electrons. The quantitative estimate of drug-likeness (QED) is 0.715. The molecule has 0 aromatic carbocycles. The van der Waals surface area contributed by atoms with Gasteiger partial charge in [-0.3, -0.25) is 9.98 Å². The smallest absolute Gasteiger partial charge is 0.160 e. The first kappa shape index (κ1) is 17.4. The van der Waals surface area contributed by atoms with E-state index in [-0.39, 0.29) is 12.1 Å². The fraction of sp³-hybridized carbons (Fsp3) is 0.545. The summed E-state index contributed by atoms with van der Waals surface area (Å²) in [6, 6.07) is 10.2. The standard InChI is InChI=1S/C22H28N4S/c1-2-17-15-27-22-24-20(19-10-6-7-12-23-19)21(26(17)22)16-11-13-25(14-16)18-8-4-3-5-9-18/h6-7,10-14,17-18,20-21H,2-5,8-9,15H2,1H3. The molecule has 0 spiro atoms. The Hall–Kier alpha value is -1.75. The Balaban J connectivity index is 1.50. The topological polar surface area (TPSA) is 33.4 Å². The first-order valence-corrected chi connectivity index (χ1v) is 11.4. The Labute approximate surface area is 166 Å². The molecule has 27 heavy (non-hydrogen) atoms. The number of aliphatic imine (C=N–C) groups is 1. The van der Waals surface area contributed by atoms with Crippen LogP contribution in [0.25, 0.3) is 0 Å². The van der Waals surface area contributed by atoms with Gasteiger partial charge < -0.3 is 9.47 Å². The highest BCUT2D eigenvalue weighted by Crippen LogP contribution is 2.48. The normalized spacial score (nSPS) is 28.4. The molecule has 4 nitrogen and oxygen atoms in total. The first-order valence-electron chi connectivity index (χ1n) is 10.4. The number of pyridine rings is 1. The molecule has 0 radical (unpaired) electrons. The van der Waals surface area contributed by atoms with Crippen molar-refractivity contribution >= 4 is 16.9 Å². The van der Waals surface area contributed by atoms with Crippen LogP contribution in [-0.4, -0.2) is 31.4 Å². The number of fused-ring (bicyclic) bond motifs is 1. The molecule has 0 N–H and O–H groups in total. The van der Waals surface area contributed by atoms with E-state index >= 15 is 0 Å². The van der Waals surface area contributed by atoms with Gasteiger partial charge in [-0.2, -0.15) is 0 Å². The molecule has 4 heterocycles. The number of hydrogen-bond acceptors (Lipinski definition) is 4. The van der Waals surface area contributed by atoms with Gasteiger partial charge in [-0.05, 0) is 43.0 Å². The van der Waals surface area contributed by atoms with Crippen LogP contribution in [0.2, 0.25) is 0 Å². The molecule has 3 atom stereocenters. The molecule has 3 aliphatic rings. The van der Waals surface area contributed by atoms with E-state index in [0.717, 1.165) is 11.4 Å². The lowest BCUT2D eigenvalue weighted by molar-refractivity contribution is 0.254. The summed E-state index contributed by atoms with van der Waals surface area (Å²) in [6.07, 6.45) is 14.6. The molecule has 2 aromatic rings. The van der Waals surface area contributed by atoms with E-state index in [1.165, 1.54) is 49.3 Å². The molecule has 5 heteroatoms. The summed E-state index contributed by atoms with van der Waals surface area (Å²) in [5.74, 6) is 1.16. The van der Waals surface area contributed by atoms with Crippen molar-refractivity contribution in [2.45, 2.75) is 69.6 Å². The molecule has 3 unspecified atom stereocenters. The number of nitrogens with zero attached hydrogens (tertiary/aromatic N) is 4. The van der Waals surface area contributed by atoms with E-state index in [0.29, 0.717) is 12.1 Å². The minimum Gasteiger partial charge on any atom is -0.351 e. The predicted molar refractivity (Wildman–Crippen MR) is 112 cm³/mol. The fourth-order valence-corrected chi connectivity index (χ4v) is 6.26. The zero-order chi connectivity index (χ0) is 18.2. The van der Waals surface area contributed by atoms with Crippen molar-refractivity contribution in [1.29, 1.82) is 0 Å². The van der Waals surface area contributed by atoms with Gasteiger partial charge >= 0.3 is 0 Å². The lowest BCUT2D eigenvalue weighted by Crippen LogP contribution is -2.35. The van der Waals surface area contributed by atoms with Crippen molar-refractivity contribution in [2.24, 2.45) is 4.99 Å². The summed E-state index contributed by atoms with van der Waals surface area (Å²) in [7, 11) is 0. The van der Waals surface area contributed by atoms with Crippen LogP contribution in [0.4, 0.5) is 0 Å². The van der Waals surface area contributed by atoms with Gasteiger partial charge in [0.05, 0.1) is 11.7 Å². The number of hydrogen-bond donors (Lipinski definition) is 0. The van der Waals surface area contributed by atoms with E-state index in [1.807, 2.05) is 24.0 Å². The summed E-state index contributed by atoms with van der Waals surface area (Å²) >= 11 is 1.92. The zero-order valence-electron chi connectivity index (χ0n) is 16.0. The van der Waals surface area contributed by atoms with Crippen molar-refractivity contribution in [1.82, 2.24) is 14.5 Å². The largest absolute Gasteiger partial charge is 0.351 e. The highest BCUT2D eigenvalue weighted by atomic mass is 32.2. The molecule has 0 bridgehead atoms. The van der Waals surface area contributed by atoms with Crippen LogP contribution in [0.15, 0.2) is 47.8 Å². The SMILES string of the molecule is CCC1CSC2=NC(c3ccccn3)C(c3ccn(C4CCCCC4)c3)N21. The summed E-state index contributed by atoms with van der Waals surface area (Å²) in [4.78, 5) is 12.4. The van der Waals surface area contributed by atoms with Crippen LogP contribution in [0.5, 0.6) is 0 Å². The monoisotopic (exact) mass is 380 g/mol. The average Bonchev–Trinajstić information content (AvgIpc) is 3.44. The Morgan fingerprint density at radius 1 is 1.15 bits per heavy atom. The maximum Gasteiger partial charge on any atom is 0.160 e. The van der Waals surface area contributed by atoms with Crippen molar-refractivity contribution < 1.29 is 0 Å². The van der Waals surface area contributed by atoms with Gasteiger partial charge in [0.1, 0.15) is 6.04 Å². The van der Waals surface area contributed by atoms with Crippen LogP contribution in [0.1, 0.15) is 74.8 Å². The maximum atomic E-state index is 5.13. The van der Waals surface area contributed by atoms with E-state index in [2.05, 4.69) is 52.0 Å². The second-order valence-electron chi connectivity index (χ2n) is 8.02. The molecule has 2 aromatic heterocycles. The number of amidine groups is 1. The summed E-state index contributed by atoms with van der Waals surface area (Å²) in [5, 5.41) is 1.22. The van der Waals surface area contributed by atoms with E-state index in [4.69, 9.17) is 4.99 Å². The van der Waals surface area contributed by atoms with Crippen LogP contribution in [0, 0.1) is 0 Å². The summed E-state index contributed by atoms with van der Waals surface area (Å²) in [5.41, 5.74) is 2.49. The number of aromatic nitrogens is 2. The van der Waals surface area contributed by atoms with Gasteiger partial charge in [-0.25, -0.2) is 0 Å². The van der Waals surface area contributed by atoms with Crippen LogP contribution < -0.4 is 0 Å². The zero-order valence-corrected chi connectivity index (χ0v) is 16.8. The summed E-state index contributed by atoms with van der Waals surface area (Å²) in [6.45, 7) is 2.30. The molecular formula is C22H28N4S. The lowest BCUT2D eigenvalue weighted by atomic mass is 9.95.